The molecule has 0 bridgehead atoms. The molecule has 4 rings (SSSR count). The van der Waals surface area contributed by atoms with Crippen molar-refractivity contribution in [2.24, 2.45) is 0 Å². The van der Waals surface area contributed by atoms with E-state index in [0.717, 1.165) is 15.9 Å². The van der Waals surface area contributed by atoms with Crippen molar-refractivity contribution in [1.29, 1.82) is 0 Å². The monoisotopic (exact) mass is 573 g/mol. The molecule has 0 saturated carbocycles. The molecule has 0 saturated heterocycles. The molecular formula is C31H29BrNO3P. The number of nitrogens with one attached hydrogen (secondary N) is 1. The Bertz CT molecular complexity index is 1250. The van der Waals surface area contributed by atoms with E-state index in [2.05, 4.69) is 63.8 Å². The van der Waals surface area contributed by atoms with Crippen LogP contribution in [0.2, 0.25) is 0 Å². The second-order valence-electron chi connectivity index (χ2n) is 8.68. The molecule has 0 spiro atoms. The van der Waals surface area contributed by atoms with Crippen LogP contribution in [0.4, 0.5) is 0 Å². The van der Waals surface area contributed by atoms with Crippen LogP contribution in [0.5, 0.6) is 0 Å². The zero-order valence-electron chi connectivity index (χ0n) is 20.4. The van der Waals surface area contributed by atoms with E-state index in [0.29, 0.717) is 5.56 Å². The van der Waals surface area contributed by atoms with Crippen molar-refractivity contribution < 1.29 is 14.3 Å². The normalized spacial score (nSPS) is 12.9. The van der Waals surface area contributed by atoms with Gasteiger partial charge in [0.25, 0.3) is 0 Å². The summed E-state index contributed by atoms with van der Waals surface area (Å²) in [7, 11) is 0. The Labute approximate surface area is 226 Å². The van der Waals surface area contributed by atoms with Crippen LogP contribution in [0.1, 0.15) is 10.4 Å². The first-order chi connectivity index (χ1) is 18.0. The van der Waals surface area contributed by atoms with Gasteiger partial charge in [-0.3, -0.25) is 0 Å². The summed E-state index contributed by atoms with van der Waals surface area (Å²) in [6, 6.07) is 38.3. The van der Waals surface area contributed by atoms with Gasteiger partial charge in [-0.15, -0.1) is 0 Å². The molecule has 4 aromatic carbocycles. The number of ether oxygens (including phenoxy) is 1. The molecule has 0 radical (unpaired) electrons. The number of esters is 1. The predicted octanol–water partition coefficient (Wildman–Crippen LogP) is 5.35. The van der Waals surface area contributed by atoms with Crippen molar-refractivity contribution in [2.75, 3.05) is 12.8 Å². The summed E-state index contributed by atoms with van der Waals surface area (Å²) in [6.45, 7) is 3.72. The number of benzene rings is 4. The topological polar surface area (TPSA) is 55.4 Å². The van der Waals surface area contributed by atoms with E-state index in [9.17, 15) is 9.59 Å². The summed E-state index contributed by atoms with van der Waals surface area (Å²) in [5.74, 6) is -0.853. The maximum atomic E-state index is 13.5. The van der Waals surface area contributed by atoms with Crippen molar-refractivity contribution >= 4 is 48.6 Å². The van der Waals surface area contributed by atoms with Crippen LogP contribution in [0, 0.1) is 0 Å². The summed E-state index contributed by atoms with van der Waals surface area (Å²) >= 11 is 4.35. The summed E-state index contributed by atoms with van der Waals surface area (Å²) in [4.78, 5) is 26.8. The zero-order valence-corrected chi connectivity index (χ0v) is 22.9. The van der Waals surface area contributed by atoms with Crippen molar-refractivity contribution in [3.05, 3.63) is 140 Å². The molecule has 1 atom stereocenters. The van der Waals surface area contributed by atoms with Gasteiger partial charge in [-0.25, -0.2) is 0 Å². The molecule has 1 N–H and O–H groups in total. The molecule has 0 unspecified atom stereocenters. The van der Waals surface area contributed by atoms with E-state index >= 15 is 0 Å². The van der Waals surface area contributed by atoms with Crippen molar-refractivity contribution in [1.82, 2.24) is 5.32 Å². The Kier molecular flexibility index (Phi) is 8.38. The molecule has 0 aliphatic carbocycles. The van der Waals surface area contributed by atoms with Gasteiger partial charge in [-0.05, 0) is 0 Å². The Balaban J connectivity index is 1.93. The summed E-state index contributed by atoms with van der Waals surface area (Å²) in [5, 5.41) is 2.60. The fraction of sp³-hybridized carbons (Fsp3) is 0.0968. The van der Waals surface area contributed by atoms with E-state index < -0.39 is 17.3 Å². The minimum atomic E-state index is -3.51. The number of hydrogen-bond donors (Lipinski definition) is 1. The van der Waals surface area contributed by atoms with Crippen LogP contribution >= 0.6 is 20.8 Å². The molecule has 4 nitrogen and oxygen atoms in total. The van der Waals surface area contributed by atoms with Crippen LogP contribution in [0.25, 0.3) is 0 Å². The van der Waals surface area contributed by atoms with E-state index in [1.807, 2.05) is 60.7 Å². The van der Waals surface area contributed by atoms with Gasteiger partial charge in [-0.2, -0.15) is 0 Å². The Morgan fingerprint density at radius 2 is 1.16 bits per heavy atom. The summed E-state index contributed by atoms with van der Waals surface area (Å²) < 4.78 is 5.52. The third-order valence-electron chi connectivity index (χ3n) is 6.38. The first kappa shape index (κ1) is 26.5. The van der Waals surface area contributed by atoms with Crippen LogP contribution in [0.15, 0.2) is 134 Å². The number of amides is 1. The van der Waals surface area contributed by atoms with Gasteiger partial charge >= 0.3 is 227 Å². The molecule has 0 fully saturated rings. The second-order valence-corrected chi connectivity index (χ2v) is 17.7. The standard InChI is InChI=1S/C31H29BrNO3P/c1-2-23-36-31(35)29(33-30(34)25-15-7-3-8-16-25)24-37(32,26-17-9-4-10-18-26,27-19-11-5-12-20-27)28-21-13-6-14-22-28/h2-22,29H,1,23-24H2,(H,33,34)/t29-/m1/s1. The molecule has 1 amide bonds. The Morgan fingerprint density at radius 1 is 0.757 bits per heavy atom. The van der Waals surface area contributed by atoms with Gasteiger partial charge in [-0.1, -0.05) is 0 Å². The zero-order chi connectivity index (χ0) is 26.2. The molecule has 37 heavy (non-hydrogen) atoms. The quantitative estimate of drug-likeness (QED) is 0.158. The van der Waals surface area contributed by atoms with Gasteiger partial charge in [0.2, 0.25) is 0 Å². The van der Waals surface area contributed by atoms with Gasteiger partial charge in [0.1, 0.15) is 0 Å². The predicted molar refractivity (Wildman–Crippen MR) is 158 cm³/mol. The number of carbonyl (C=O) groups excluding carboxylic acids is 2. The van der Waals surface area contributed by atoms with Crippen molar-refractivity contribution in [3.63, 3.8) is 0 Å². The molecule has 4 aromatic rings. The molecule has 188 valence electrons. The summed E-state index contributed by atoms with van der Waals surface area (Å²) in [6.07, 6.45) is 1.80. The van der Waals surface area contributed by atoms with Crippen LogP contribution in [-0.2, 0) is 9.53 Å². The van der Waals surface area contributed by atoms with E-state index in [1.54, 1.807) is 24.3 Å². The van der Waals surface area contributed by atoms with E-state index in [4.69, 9.17) is 4.74 Å². The molecule has 0 aliphatic heterocycles. The van der Waals surface area contributed by atoms with Crippen LogP contribution in [0.3, 0.4) is 0 Å². The van der Waals surface area contributed by atoms with Gasteiger partial charge < -0.3 is 0 Å². The number of rotatable bonds is 10. The maximum absolute atomic E-state index is 13.5. The van der Waals surface area contributed by atoms with E-state index in [1.165, 1.54) is 6.08 Å². The molecule has 0 aliphatic rings. The molecular weight excluding hydrogens is 545 g/mol. The summed E-state index contributed by atoms with van der Waals surface area (Å²) in [5.41, 5.74) is 0.470. The average Bonchev–Trinajstić information content (AvgIpc) is 2.97. The van der Waals surface area contributed by atoms with Crippen molar-refractivity contribution in [3.8, 4) is 0 Å². The first-order valence-electron chi connectivity index (χ1n) is 12.0. The van der Waals surface area contributed by atoms with Crippen LogP contribution in [-0.4, -0.2) is 30.7 Å². The number of hydrogen-bond acceptors (Lipinski definition) is 3. The number of carbonyl (C=O) groups is 2. The van der Waals surface area contributed by atoms with E-state index in [-0.39, 0.29) is 18.7 Å². The van der Waals surface area contributed by atoms with Crippen LogP contribution < -0.4 is 21.2 Å². The SMILES string of the molecule is C=CCOC(=O)[C@@H](CP(Br)(c1ccccc1)(c1ccccc1)c1ccccc1)NC(=O)c1ccccc1. The molecule has 0 heterocycles. The Hall–Kier alpha value is -3.53. The third-order valence-corrected chi connectivity index (χ3v) is 16.1. The fourth-order valence-electron chi connectivity index (χ4n) is 4.57. The van der Waals surface area contributed by atoms with Gasteiger partial charge in [0.05, 0.1) is 0 Å². The van der Waals surface area contributed by atoms with Gasteiger partial charge in [0.15, 0.2) is 0 Å². The Morgan fingerprint density at radius 3 is 1.57 bits per heavy atom. The number of halogens is 1. The second kappa shape index (κ2) is 11.7. The fourth-order valence-corrected chi connectivity index (χ4v) is 12.4. The molecule has 0 aromatic heterocycles. The third kappa shape index (κ3) is 5.44. The minimum absolute atomic E-state index is 0.0524. The average molecular weight is 574 g/mol. The van der Waals surface area contributed by atoms with Gasteiger partial charge in [0, 0.05) is 0 Å². The van der Waals surface area contributed by atoms with Crippen molar-refractivity contribution in [2.45, 2.75) is 6.04 Å². The first-order valence-corrected chi connectivity index (χ1v) is 16.4. The molecule has 6 heteroatoms.